The highest BCUT2D eigenvalue weighted by atomic mass is 35.5. The molecule has 0 aliphatic heterocycles. The van der Waals surface area contributed by atoms with Crippen LogP contribution in [0.4, 0.5) is 0 Å². The van der Waals surface area contributed by atoms with Gasteiger partial charge in [0.1, 0.15) is 10.1 Å². The van der Waals surface area contributed by atoms with Crippen molar-refractivity contribution in [1.82, 2.24) is 9.97 Å². The Morgan fingerprint density at radius 1 is 1.35 bits per heavy atom. The largest absolute Gasteiger partial charge is 0.392 e. The molecule has 0 aliphatic carbocycles. The Hall–Kier alpha value is -1.10. The fourth-order valence-corrected chi connectivity index (χ4v) is 2.38. The SMILES string of the molecule is Cc1cc(CO)cnc1Sc1ncccc1Cl. The van der Waals surface area contributed by atoms with Crippen LogP contribution in [0, 0.1) is 6.92 Å². The molecule has 0 aromatic carbocycles. The standard InChI is InChI=1S/C12H11ClN2OS/c1-8-5-9(7-16)6-15-11(8)17-12-10(13)3-2-4-14-12/h2-6,16H,7H2,1H3. The fraction of sp³-hybridized carbons (Fsp3) is 0.167. The van der Waals surface area contributed by atoms with E-state index in [1.165, 1.54) is 11.8 Å². The summed E-state index contributed by atoms with van der Waals surface area (Å²) in [4.78, 5) is 8.49. The number of halogens is 1. The van der Waals surface area contributed by atoms with Crippen LogP contribution in [-0.2, 0) is 6.61 Å². The molecule has 0 radical (unpaired) electrons. The molecule has 0 fully saturated rings. The second-order valence-electron chi connectivity index (χ2n) is 3.52. The zero-order valence-corrected chi connectivity index (χ0v) is 10.8. The van der Waals surface area contributed by atoms with E-state index in [0.717, 1.165) is 21.2 Å². The zero-order chi connectivity index (χ0) is 12.3. The van der Waals surface area contributed by atoms with Gasteiger partial charge in [0.15, 0.2) is 0 Å². The first-order valence-electron chi connectivity index (χ1n) is 5.05. The lowest BCUT2D eigenvalue weighted by atomic mass is 10.2. The molecular formula is C12H11ClN2OS. The summed E-state index contributed by atoms with van der Waals surface area (Å²) < 4.78 is 0. The molecule has 5 heteroatoms. The van der Waals surface area contributed by atoms with Crippen LogP contribution in [0.1, 0.15) is 11.1 Å². The normalized spacial score (nSPS) is 10.5. The smallest absolute Gasteiger partial charge is 0.121 e. The van der Waals surface area contributed by atoms with E-state index >= 15 is 0 Å². The van der Waals surface area contributed by atoms with Crippen LogP contribution in [-0.4, -0.2) is 15.1 Å². The Morgan fingerprint density at radius 2 is 2.18 bits per heavy atom. The third kappa shape index (κ3) is 2.97. The van der Waals surface area contributed by atoms with Crippen LogP contribution in [0.3, 0.4) is 0 Å². The Kier molecular flexibility index (Phi) is 3.99. The number of aliphatic hydroxyl groups is 1. The summed E-state index contributed by atoms with van der Waals surface area (Å²) in [7, 11) is 0. The number of aliphatic hydroxyl groups excluding tert-OH is 1. The summed E-state index contributed by atoms with van der Waals surface area (Å²) in [6, 6.07) is 5.50. The average molecular weight is 267 g/mol. The van der Waals surface area contributed by atoms with Gasteiger partial charge in [-0.2, -0.15) is 0 Å². The van der Waals surface area contributed by atoms with Gasteiger partial charge >= 0.3 is 0 Å². The van der Waals surface area contributed by atoms with E-state index in [9.17, 15) is 0 Å². The summed E-state index contributed by atoms with van der Waals surface area (Å²) in [6.07, 6.45) is 3.36. The maximum atomic E-state index is 9.01. The first kappa shape index (κ1) is 12.4. The monoisotopic (exact) mass is 266 g/mol. The van der Waals surface area contributed by atoms with E-state index in [-0.39, 0.29) is 6.61 Å². The summed E-state index contributed by atoms with van der Waals surface area (Å²) >= 11 is 7.46. The molecule has 0 amide bonds. The molecule has 0 saturated heterocycles. The van der Waals surface area contributed by atoms with E-state index < -0.39 is 0 Å². The van der Waals surface area contributed by atoms with Gasteiger partial charge in [-0.15, -0.1) is 0 Å². The molecule has 2 heterocycles. The van der Waals surface area contributed by atoms with Gasteiger partial charge < -0.3 is 5.11 Å². The third-order valence-corrected chi connectivity index (χ3v) is 3.74. The second kappa shape index (κ2) is 5.49. The molecule has 3 nitrogen and oxygen atoms in total. The van der Waals surface area contributed by atoms with Gasteiger partial charge in [0.05, 0.1) is 11.6 Å². The van der Waals surface area contributed by atoms with Gasteiger partial charge in [0.2, 0.25) is 0 Å². The van der Waals surface area contributed by atoms with Crippen molar-refractivity contribution >= 4 is 23.4 Å². The number of hydrogen-bond donors (Lipinski definition) is 1. The van der Waals surface area contributed by atoms with Gasteiger partial charge in [-0.1, -0.05) is 11.6 Å². The molecule has 0 atom stereocenters. The summed E-state index contributed by atoms with van der Waals surface area (Å²) in [5.74, 6) is 0. The Morgan fingerprint density at radius 3 is 2.82 bits per heavy atom. The highest BCUT2D eigenvalue weighted by Crippen LogP contribution is 2.31. The minimum Gasteiger partial charge on any atom is -0.392 e. The van der Waals surface area contributed by atoms with Crippen molar-refractivity contribution in [2.45, 2.75) is 23.6 Å². The van der Waals surface area contributed by atoms with E-state index in [2.05, 4.69) is 9.97 Å². The number of pyridine rings is 2. The lowest BCUT2D eigenvalue weighted by Gasteiger charge is -2.06. The van der Waals surface area contributed by atoms with E-state index in [1.807, 2.05) is 13.0 Å². The van der Waals surface area contributed by atoms with Crippen LogP contribution < -0.4 is 0 Å². The summed E-state index contributed by atoms with van der Waals surface area (Å²) in [5.41, 5.74) is 1.81. The topological polar surface area (TPSA) is 46.0 Å². The highest BCUT2D eigenvalue weighted by Gasteiger charge is 2.07. The minimum atomic E-state index is 0.00310. The second-order valence-corrected chi connectivity index (χ2v) is 4.90. The predicted octanol–water partition coefficient (Wildman–Crippen LogP) is 3.08. The Bertz CT molecular complexity index is 534. The summed E-state index contributed by atoms with van der Waals surface area (Å²) in [6.45, 7) is 1.95. The first-order chi connectivity index (χ1) is 8.20. The molecule has 88 valence electrons. The number of aryl methyl sites for hydroxylation is 1. The van der Waals surface area contributed by atoms with Crippen LogP contribution in [0.25, 0.3) is 0 Å². The van der Waals surface area contributed by atoms with Crippen LogP contribution in [0.2, 0.25) is 5.02 Å². The molecule has 0 saturated carbocycles. The van der Waals surface area contributed by atoms with Crippen molar-refractivity contribution in [3.8, 4) is 0 Å². The number of hydrogen-bond acceptors (Lipinski definition) is 4. The van der Waals surface area contributed by atoms with Crippen LogP contribution >= 0.6 is 23.4 Å². The number of rotatable bonds is 3. The maximum Gasteiger partial charge on any atom is 0.121 e. The highest BCUT2D eigenvalue weighted by molar-refractivity contribution is 7.99. The quantitative estimate of drug-likeness (QED) is 0.927. The van der Waals surface area contributed by atoms with Crippen LogP contribution in [0.5, 0.6) is 0 Å². The third-order valence-electron chi connectivity index (χ3n) is 2.19. The molecule has 1 N–H and O–H groups in total. The molecular weight excluding hydrogens is 256 g/mol. The van der Waals surface area contributed by atoms with E-state index in [4.69, 9.17) is 16.7 Å². The fourth-order valence-electron chi connectivity index (χ4n) is 1.35. The van der Waals surface area contributed by atoms with Crippen molar-refractivity contribution in [3.63, 3.8) is 0 Å². The molecule has 0 unspecified atom stereocenters. The van der Waals surface area contributed by atoms with Crippen molar-refractivity contribution in [2.75, 3.05) is 0 Å². The molecule has 2 aromatic rings. The number of nitrogens with zero attached hydrogens (tertiary/aromatic N) is 2. The van der Waals surface area contributed by atoms with E-state index in [1.54, 1.807) is 24.5 Å². The van der Waals surface area contributed by atoms with Crippen molar-refractivity contribution < 1.29 is 5.11 Å². The van der Waals surface area contributed by atoms with Gasteiger partial charge in [-0.05, 0) is 48.0 Å². The van der Waals surface area contributed by atoms with Crippen molar-refractivity contribution in [1.29, 1.82) is 0 Å². The van der Waals surface area contributed by atoms with Crippen LogP contribution in [0.15, 0.2) is 40.6 Å². The Labute approximate surface area is 109 Å². The first-order valence-corrected chi connectivity index (χ1v) is 6.25. The van der Waals surface area contributed by atoms with Gasteiger partial charge in [0, 0.05) is 12.4 Å². The van der Waals surface area contributed by atoms with Crippen molar-refractivity contribution in [2.24, 2.45) is 0 Å². The molecule has 17 heavy (non-hydrogen) atoms. The van der Waals surface area contributed by atoms with Crippen molar-refractivity contribution in [3.05, 3.63) is 46.7 Å². The zero-order valence-electron chi connectivity index (χ0n) is 9.22. The molecule has 2 rings (SSSR count). The minimum absolute atomic E-state index is 0.00310. The maximum absolute atomic E-state index is 9.01. The summed E-state index contributed by atoms with van der Waals surface area (Å²) in [5, 5.41) is 11.2. The average Bonchev–Trinajstić information content (AvgIpc) is 2.34. The van der Waals surface area contributed by atoms with Gasteiger partial charge in [-0.25, -0.2) is 9.97 Å². The van der Waals surface area contributed by atoms with Gasteiger partial charge in [0.25, 0.3) is 0 Å². The Balaban J connectivity index is 2.28. The lowest BCUT2D eigenvalue weighted by Crippen LogP contribution is -1.91. The molecule has 0 aliphatic rings. The number of aromatic nitrogens is 2. The van der Waals surface area contributed by atoms with Gasteiger partial charge in [-0.3, -0.25) is 0 Å². The molecule has 2 aromatic heterocycles. The predicted molar refractivity (Wildman–Crippen MR) is 68.3 cm³/mol. The molecule has 0 spiro atoms. The molecule has 0 bridgehead atoms. The van der Waals surface area contributed by atoms with E-state index in [0.29, 0.717) is 5.02 Å². The lowest BCUT2D eigenvalue weighted by molar-refractivity contribution is 0.281.